The normalized spacial score (nSPS) is 12.5. The summed E-state index contributed by atoms with van der Waals surface area (Å²) in [6.07, 6.45) is 0. The van der Waals surface area contributed by atoms with Crippen molar-refractivity contribution in [2.75, 3.05) is 0 Å². The Morgan fingerprint density at radius 3 is 2.50 bits per heavy atom. The average Bonchev–Trinajstić information content (AvgIpc) is 3.17. The Bertz CT molecular complexity index is 1550. The maximum atomic E-state index is 13.5. The minimum Gasteiger partial charge on any atom is -0.333 e. The first-order valence-electron chi connectivity index (χ1n) is 9.55. The molecule has 144 valence electrons. The molecule has 0 saturated heterocycles. The van der Waals surface area contributed by atoms with Gasteiger partial charge in [-0.05, 0) is 35.4 Å². The number of aryl methyl sites for hydroxylation is 1. The third-order valence-corrected chi connectivity index (χ3v) is 6.58. The molecule has 1 aliphatic rings. The molecule has 1 N–H and O–H groups in total. The monoisotopic (exact) mass is 409 g/mol. The van der Waals surface area contributed by atoms with Gasteiger partial charge in [0.05, 0.1) is 16.6 Å². The molecule has 2 heterocycles. The van der Waals surface area contributed by atoms with Crippen LogP contribution in [0.1, 0.15) is 15.9 Å². The molecule has 0 atom stereocenters. The van der Waals surface area contributed by atoms with Crippen molar-refractivity contribution >= 4 is 39.5 Å². The largest absolute Gasteiger partial charge is 0.333 e. The van der Waals surface area contributed by atoms with Gasteiger partial charge in [-0.3, -0.25) is 9.59 Å². The smallest absolute Gasteiger partial charge is 0.251 e. The number of fused-ring (bicyclic) bond motifs is 3. The van der Waals surface area contributed by atoms with Crippen LogP contribution in [0.15, 0.2) is 81.6 Å². The van der Waals surface area contributed by atoms with Crippen LogP contribution in [0.25, 0.3) is 33.1 Å². The van der Waals surface area contributed by atoms with Crippen molar-refractivity contribution in [2.24, 2.45) is 7.05 Å². The lowest BCUT2D eigenvalue weighted by atomic mass is 9.84. The van der Waals surface area contributed by atoms with E-state index < -0.39 is 0 Å². The molecule has 0 fully saturated rings. The van der Waals surface area contributed by atoms with Gasteiger partial charge in [0.25, 0.3) is 5.56 Å². The van der Waals surface area contributed by atoms with E-state index in [1.807, 2.05) is 60.7 Å². The number of imidazole rings is 1. The lowest BCUT2D eigenvalue weighted by Crippen LogP contribution is -2.20. The van der Waals surface area contributed by atoms with Crippen LogP contribution in [0.4, 0.5) is 0 Å². The molecule has 30 heavy (non-hydrogen) atoms. The maximum absolute atomic E-state index is 13.5. The van der Waals surface area contributed by atoms with Crippen LogP contribution in [-0.4, -0.2) is 20.3 Å². The zero-order chi connectivity index (χ0) is 20.4. The number of carbonyl (C=O) groups is 1. The zero-order valence-corrected chi connectivity index (χ0v) is 16.8. The van der Waals surface area contributed by atoms with E-state index in [1.54, 1.807) is 17.7 Å². The molecule has 0 radical (unpaired) electrons. The fourth-order valence-electron chi connectivity index (χ4n) is 4.19. The molecule has 0 aliphatic heterocycles. The fraction of sp³-hybridized carbons (Fsp3) is 0.0417. The third-order valence-electron chi connectivity index (χ3n) is 5.64. The summed E-state index contributed by atoms with van der Waals surface area (Å²) in [4.78, 5) is 34.9. The second kappa shape index (κ2) is 6.18. The zero-order valence-electron chi connectivity index (χ0n) is 16.0. The van der Waals surface area contributed by atoms with Crippen molar-refractivity contribution in [3.63, 3.8) is 0 Å². The van der Waals surface area contributed by atoms with E-state index in [-0.39, 0.29) is 11.3 Å². The van der Waals surface area contributed by atoms with Gasteiger partial charge in [0.1, 0.15) is 0 Å². The molecular weight excluding hydrogens is 394 g/mol. The lowest BCUT2D eigenvalue weighted by molar-refractivity contribution is 0.103. The molecule has 5 nitrogen and oxygen atoms in total. The Morgan fingerprint density at radius 1 is 0.900 bits per heavy atom. The summed E-state index contributed by atoms with van der Waals surface area (Å²) in [6.45, 7) is 0. The minimum atomic E-state index is -0.0923. The van der Waals surface area contributed by atoms with Crippen molar-refractivity contribution in [1.29, 1.82) is 0 Å². The number of aromatic nitrogens is 3. The van der Waals surface area contributed by atoms with E-state index in [2.05, 4.69) is 9.97 Å². The second-order valence-corrected chi connectivity index (χ2v) is 8.35. The van der Waals surface area contributed by atoms with E-state index >= 15 is 0 Å². The summed E-state index contributed by atoms with van der Waals surface area (Å²) in [6, 6.07) is 20.8. The molecule has 2 aromatic heterocycles. The fourth-order valence-corrected chi connectivity index (χ4v) is 5.14. The summed E-state index contributed by atoms with van der Waals surface area (Å²) < 4.78 is 1.60. The number of ketones is 1. The Morgan fingerprint density at radius 2 is 1.67 bits per heavy atom. The molecule has 0 unspecified atom stereocenters. The van der Waals surface area contributed by atoms with Crippen molar-refractivity contribution in [1.82, 2.24) is 14.5 Å². The number of H-pyrrole nitrogens is 1. The van der Waals surface area contributed by atoms with Crippen molar-refractivity contribution in [2.45, 2.75) is 10.1 Å². The second-order valence-electron chi connectivity index (χ2n) is 7.32. The third kappa shape index (κ3) is 2.34. The Hall–Kier alpha value is -3.64. The summed E-state index contributed by atoms with van der Waals surface area (Å²) in [7, 11) is 1.74. The molecule has 0 saturated carbocycles. The number of carbonyl (C=O) groups excluding carboxylic acids is 1. The van der Waals surface area contributed by atoms with Gasteiger partial charge in [-0.2, -0.15) is 0 Å². The van der Waals surface area contributed by atoms with Gasteiger partial charge >= 0.3 is 0 Å². The number of hydrogen-bond donors (Lipinski definition) is 1. The van der Waals surface area contributed by atoms with E-state index in [4.69, 9.17) is 0 Å². The number of benzene rings is 3. The van der Waals surface area contributed by atoms with Gasteiger partial charge in [0.2, 0.25) is 0 Å². The average molecular weight is 409 g/mol. The Labute approximate surface area is 175 Å². The standard InChI is InChI=1S/C24H15N3O2S/c1-27-18-10-11-19(30-24-25-16-8-4-5-9-17(16)26-24)22-21(18)15(12-20(27)28)13-6-2-3-7-14(13)23(22)29/h2-12H,1H3,(H,25,26). The molecule has 5 aromatic rings. The predicted octanol–water partition coefficient (Wildman–Crippen LogP) is 4.78. The molecule has 0 amide bonds. The van der Waals surface area contributed by atoms with E-state index in [0.717, 1.165) is 43.1 Å². The van der Waals surface area contributed by atoms with Gasteiger partial charge in [-0.25, -0.2) is 4.98 Å². The first-order valence-corrected chi connectivity index (χ1v) is 10.4. The quantitative estimate of drug-likeness (QED) is 0.447. The van der Waals surface area contributed by atoms with Crippen LogP contribution in [0, 0.1) is 0 Å². The molecule has 6 heteroatoms. The maximum Gasteiger partial charge on any atom is 0.251 e. The first kappa shape index (κ1) is 17.2. The Balaban J connectivity index is 1.65. The van der Waals surface area contributed by atoms with Crippen LogP contribution in [0.2, 0.25) is 0 Å². The topological polar surface area (TPSA) is 67.8 Å². The van der Waals surface area contributed by atoms with E-state index in [0.29, 0.717) is 11.1 Å². The van der Waals surface area contributed by atoms with Gasteiger partial charge in [-0.15, -0.1) is 0 Å². The van der Waals surface area contributed by atoms with Crippen LogP contribution in [-0.2, 0) is 7.05 Å². The van der Waals surface area contributed by atoms with Crippen LogP contribution in [0.3, 0.4) is 0 Å². The molecule has 6 rings (SSSR count). The van der Waals surface area contributed by atoms with Gasteiger partial charge in [0, 0.05) is 34.5 Å². The van der Waals surface area contributed by atoms with Crippen LogP contribution in [0.5, 0.6) is 0 Å². The number of nitrogens with zero attached hydrogens (tertiary/aromatic N) is 2. The molecular formula is C24H15N3O2S. The Kier molecular flexibility index (Phi) is 3.55. The highest BCUT2D eigenvalue weighted by Crippen LogP contribution is 2.43. The van der Waals surface area contributed by atoms with Crippen molar-refractivity contribution in [3.05, 3.63) is 88.2 Å². The van der Waals surface area contributed by atoms with Crippen LogP contribution >= 0.6 is 11.8 Å². The highest BCUT2D eigenvalue weighted by atomic mass is 32.2. The molecule has 0 bridgehead atoms. The lowest BCUT2D eigenvalue weighted by Gasteiger charge is -2.22. The van der Waals surface area contributed by atoms with Gasteiger partial charge in [-0.1, -0.05) is 48.2 Å². The SMILES string of the molecule is Cn1c(=O)cc2c3c(c(Sc4nc5ccccc5[nH]4)ccc31)C(=O)c1ccccc1-2. The van der Waals surface area contributed by atoms with E-state index in [9.17, 15) is 9.59 Å². The van der Waals surface area contributed by atoms with Gasteiger partial charge < -0.3 is 9.55 Å². The summed E-state index contributed by atoms with van der Waals surface area (Å²) >= 11 is 1.44. The molecule has 0 spiro atoms. The highest BCUT2D eigenvalue weighted by Gasteiger charge is 2.29. The number of aromatic amines is 1. The number of rotatable bonds is 2. The number of hydrogen-bond acceptors (Lipinski definition) is 4. The predicted molar refractivity (Wildman–Crippen MR) is 118 cm³/mol. The van der Waals surface area contributed by atoms with Gasteiger partial charge in [0.15, 0.2) is 10.9 Å². The number of nitrogens with one attached hydrogen (secondary N) is 1. The van der Waals surface area contributed by atoms with Crippen molar-refractivity contribution in [3.8, 4) is 11.1 Å². The first-order chi connectivity index (χ1) is 14.6. The molecule has 1 aliphatic carbocycles. The number of para-hydroxylation sites is 2. The highest BCUT2D eigenvalue weighted by molar-refractivity contribution is 7.99. The number of pyridine rings is 1. The van der Waals surface area contributed by atoms with E-state index in [1.165, 1.54) is 11.8 Å². The van der Waals surface area contributed by atoms with Crippen LogP contribution < -0.4 is 5.56 Å². The summed E-state index contributed by atoms with van der Waals surface area (Å²) in [5.74, 6) is -0.0269. The van der Waals surface area contributed by atoms with Crippen molar-refractivity contribution < 1.29 is 4.79 Å². The summed E-state index contributed by atoms with van der Waals surface area (Å²) in [5.41, 5.74) is 5.37. The molecule has 3 aromatic carbocycles. The summed E-state index contributed by atoms with van der Waals surface area (Å²) in [5, 5.41) is 1.55. The minimum absolute atomic E-state index is 0.0269.